The van der Waals surface area contributed by atoms with Crippen LogP contribution in [0.25, 0.3) is 0 Å². The zero-order valence-corrected chi connectivity index (χ0v) is 11.6. The van der Waals surface area contributed by atoms with Crippen molar-refractivity contribution < 1.29 is 9.53 Å². The molecule has 1 aromatic rings. The second kappa shape index (κ2) is 5.28. The van der Waals surface area contributed by atoms with E-state index in [4.69, 9.17) is 16.3 Å². The van der Waals surface area contributed by atoms with Crippen LogP contribution < -0.4 is 0 Å². The van der Waals surface area contributed by atoms with Crippen molar-refractivity contribution in [2.24, 2.45) is 0 Å². The molecule has 6 heteroatoms. The van der Waals surface area contributed by atoms with Crippen LogP contribution in [0, 0.1) is 6.92 Å². The Hall–Kier alpha value is -1.07. The number of hydrogen-bond donors (Lipinski definition) is 0. The number of carbonyl (C=O) groups excluding carboxylic acids is 1. The van der Waals surface area contributed by atoms with E-state index in [-0.39, 0.29) is 24.7 Å². The van der Waals surface area contributed by atoms with Crippen LogP contribution in [0.2, 0.25) is 5.02 Å². The van der Waals surface area contributed by atoms with Crippen molar-refractivity contribution in [2.75, 3.05) is 13.1 Å². The van der Waals surface area contributed by atoms with Gasteiger partial charge in [0.15, 0.2) is 0 Å². The predicted molar refractivity (Wildman–Crippen MR) is 68.6 cm³/mol. The predicted octanol–water partition coefficient (Wildman–Crippen LogP) is 1.48. The summed E-state index contributed by atoms with van der Waals surface area (Å²) in [5, 5.41) is 4.78. The molecule has 1 saturated heterocycles. The molecule has 0 N–H and O–H groups in total. The van der Waals surface area contributed by atoms with Gasteiger partial charge in [-0.3, -0.25) is 9.48 Å². The summed E-state index contributed by atoms with van der Waals surface area (Å²) < 4.78 is 7.19. The summed E-state index contributed by atoms with van der Waals surface area (Å²) >= 11 is 5.92. The van der Waals surface area contributed by atoms with Crippen LogP contribution in [-0.2, 0) is 16.1 Å². The van der Waals surface area contributed by atoms with Gasteiger partial charge in [-0.15, -0.1) is 0 Å². The molecule has 2 heterocycles. The molecule has 18 heavy (non-hydrogen) atoms. The molecule has 2 atom stereocenters. The lowest BCUT2D eigenvalue weighted by Crippen LogP contribution is -2.49. The van der Waals surface area contributed by atoms with Crippen molar-refractivity contribution in [1.82, 2.24) is 14.7 Å². The molecular formula is C12H18ClN3O2. The van der Waals surface area contributed by atoms with E-state index in [1.54, 1.807) is 10.9 Å². The summed E-state index contributed by atoms with van der Waals surface area (Å²) in [7, 11) is 0. The quantitative estimate of drug-likeness (QED) is 0.819. The van der Waals surface area contributed by atoms with Crippen molar-refractivity contribution >= 4 is 17.5 Å². The number of aryl methyl sites for hydroxylation is 1. The lowest BCUT2D eigenvalue weighted by atomic mass is 10.2. The number of aromatic nitrogens is 2. The van der Waals surface area contributed by atoms with Crippen molar-refractivity contribution in [3.8, 4) is 0 Å². The van der Waals surface area contributed by atoms with Crippen LogP contribution >= 0.6 is 11.6 Å². The van der Waals surface area contributed by atoms with Gasteiger partial charge in [0.05, 0.1) is 22.9 Å². The van der Waals surface area contributed by atoms with Crippen molar-refractivity contribution in [3.05, 3.63) is 16.9 Å². The first-order valence-corrected chi connectivity index (χ1v) is 6.46. The number of hydrogen-bond acceptors (Lipinski definition) is 3. The number of morpholine rings is 1. The first-order chi connectivity index (χ1) is 8.45. The van der Waals surface area contributed by atoms with E-state index in [1.165, 1.54) is 0 Å². The number of rotatable bonds is 2. The summed E-state index contributed by atoms with van der Waals surface area (Å²) in [6, 6.07) is 0. The number of nitrogens with zero attached hydrogens (tertiary/aromatic N) is 3. The average molecular weight is 272 g/mol. The third kappa shape index (κ3) is 3.03. The van der Waals surface area contributed by atoms with Crippen LogP contribution in [0.15, 0.2) is 6.20 Å². The van der Waals surface area contributed by atoms with Crippen LogP contribution in [-0.4, -0.2) is 45.9 Å². The van der Waals surface area contributed by atoms with E-state index < -0.39 is 0 Å². The lowest BCUT2D eigenvalue weighted by Gasteiger charge is -2.35. The number of halogens is 1. The zero-order valence-electron chi connectivity index (χ0n) is 10.9. The third-order valence-electron chi connectivity index (χ3n) is 2.96. The molecule has 1 fully saturated rings. The van der Waals surface area contributed by atoms with E-state index in [0.717, 1.165) is 5.69 Å². The summed E-state index contributed by atoms with van der Waals surface area (Å²) in [5.74, 6) is 0.0520. The van der Waals surface area contributed by atoms with E-state index in [0.29, 0.717) is 18.1 Å². The smallest absolute Gasteiger partial charge is 0.244 e. The maximum atomic E-state index is 12.1. The molecule has 0 aromatic carbocycles. The average Bonchev–Trinajstić information content (AvgIpc) is 2.56. The minimum Gasteiger partial charge on any atom is -0.372 e. The highest BCUT2D eigenvalue weighted by Crippen LogP contribution is 2.14. The van der Waals surface area contributed by atoms with Crippen LogP contribution in [0.4, 0.5) is 0 Å². The van der Waals surface area contributed by atoms with Gasteiger partial charge < -0.3 is 9.64 Å². The topological polar surface area (TPSA) is 47.4 Å². The molecule has 1 aliphatic rings. The Kier molecular flexibility index (Phi) is 3.92. The molecule has 0 bridgehead atoms. The highest BCUT2D eigenvalue weighted by atomic mass is 35.5. The van der Waals surface area contributed by atoms with E-state index in [2.05, 4.69) is 5.10 Å². The van der Waals surface area contributed by atoms with Gasteiger partial charge in [-0.25, -0.2) is 0 Å². The standard InChI is InChI=1S/C12H18ClN3O2/c1-8-4-15(5-9(2)18-8)12(17)7-16-6-11(13)10(3)14-16/h6,8-9H,4-5,7H2,1-3H3/t8-,9+. The van der Waals surface area contributed by atoms with E-state index in [9.17, 15) is 4.79 Å². The minimum absolute atomic E-state index is 0.0520. The molecule has 0 unspecified atom stereocenters. The van der Waals surface area contributed by atoms with E-state index >= 15 is 0 Å². The van der Waals surface area contributed by atoms with Gasteiger partial charge >= 0.3 is 0 Å². The Morgan fingerprint density at radius 1 is 1.50 bits per heavy atom. The van der Waals surface area contributed by atoms with Crippen molar-refractivity contribution in [3.63, 3.8) is 0 Å². The fraction of sp³-hybridized carbons (Fsp3) is 0.667. The number of amides is 1. The van der Waals surface area contributed by atoms with Gasteiger partial charge in [0, 0.05) is 19.3 Å². The minimum atomic E-state index is 0.0520. The zero-order chi connectivity index (χ0) is 13.3. The normalized spacial score (nSPS) is 24.3. The Labute approximate surface area is 112 Å². The molecule has 1 amide bonds. The Morgan fingerprint density at radius 2 is 2.11 bits per heavy atom. The SMILES string of the molecule is Cc1nn(CC(=O)N2C[C@@H](C)O[C@@H](C)C2)cc1Cl. The molecule has 0 saturated carbocycles. The second-order valence-electron chi connectivity index (χ2n) is 4.82. The summed E-state index contributed by atoms with van der Waals surface area (Å²) in [4.78, 5) is 14.0. The van der Waals surface area contributed by atoms with Crippen molar-refractivity contribution in [2.45, 2.75) is 39.5 Å². The van der Waals surface area contributed by atoms with E-state index in [1.807, 2.05) is 25.7 Å². The maximum absolute atomic E-state index is 12.1. The van der Waals surface area contributed by atoms with Crippen LogP contribution in [0.1, 0.15) is 19.5 Å². The Balaban J connectivity index is 1.99. The van der Waals surface area contributed by atoms with Gasteiger partial charge in [-0.2, -0.15) is 5.10 Å². The summed E-state index contributed by atoms with van der Waals surface area (Å²) in [6.45, 7) is 7.28. The highest BCUT2D eigenvalue weighted by Gasteiger charge is 2.26. The first-order valence-electron chi connectivity index (χ1n) is 6.08. The lowest BCUT2D eigenvalue weighted by molar-refractivity contribution is -0.144. The highest BCUT2D eigenvalue weighted by molar-refractivity contribution is 6.31. The van der Waals surface area contributed by atoms with Gasteiger partial charge in [0.25, 0.3) is 0 Å². The molecule has 0 spiro atoms. The molecule has 0 radical (unpaired) electrons. The Morgan fingerprint density at radius 3 is 2.61 bits per heavy atom. The monoisotopic (exact) mass is 271 g/mol. The van der Waals surface area contributed by atoms with Crippen LogP contribution in [0.5, 0.6) is 0 Å². The fourth-order valence-electron chi connectivity index (χ4n) is 2.19. The molecule has 2 rings (SSSR count). The van der Waals surface area contributed by atoms with Crippen LogP contribution in [0.3, 0.4) is 0 Å². The molecule has 1 aliphatic heterocycles. The summed E-state index contributed by atoms with van der Waals surface area (Å²) in [6.07, 6.45) is 1.85. The van der Waals surface area contributed by atoms with Crippen molar-refractivity contribution in [1.29, 1.82) is 0 Å². The molecule has 0 aliphatic carbocycles. The van der Waals surface area contributed by atoms with Gasteiger partial charge in [-0.05, 0) is 20.8 Å². The summed E-state index contributed by atoms with van der Waals surface area (Å²) in [5.41, 5.74) is 0.744. The first kappa shape index (κ1) is 13.4. The van der Waals surface area contributed by atoms with Gasteiger partial charge in [-0.1, -0.05) is 11.6 Å². The van der Waals surface area contributed by atoms with Gasteiger partial charge in [0.1, 0.15) is 6.54 Å². The number of carbonyl (C=O) groups is 1. The third-order valence-corrected chi connectivity index (χ3v) is 3.33. The van der Waals surface area contributed by atoms with Gasteiger partial charge in [0.2, 0.25) is 5.91 Å². The Bertz CT molecular complexity index is 417. The fourth-order valence-corrected chi connectivity index (χ4v) is 2.35. The maximum Gasteiger partial charge on any atom is 0.244 e. The molecule has 100 valence electrons. The second-order valence-corrected chi connectivity index (χ2v) is 5.22. The number of ether oxygens (including phenoxy) is 1. The molecule has 5 nitrogen and oxygen atoms in total. The molecular weight excluding hydrogens is 254 g/mol. The molecule has 1 aromatic heterocycles. The largest absolute Gasteiger partial charge is 0.372 e.